The zero-order valence-corrected chi connectivity index (χ0v) is 18.5. The minimum absolute atomic E-state index is 0.0425. The van der Waals surface area contributed by atoms with Crippen LogP contribution in [0.5, 0.6) is 5.75 Å². The number of ether oxygens (including phenoxy) is 1. The van der Waals surface area contributed by atoms with E-state index in [9.17, 15) is 18.3 Å². The monoisotopic (exact) mass is 450 g/mol. The molecule has 0 saturated heterocycles. The van der Waals surface area contributed by atoms with E-state index in [0.717, 1.165) is 0 Å². The SMILES string of the molecule is CCOC(=O)c1c(CS(=O)(=O)c2ccccc2)n(C)c2cc(-c3cccnc3)c(O)cc12. The number of aromatic nitrogens is 2. The predicted molar refractivity (Wildman–Crippen MR) is 121 cm³/mol. The van der Waals surface area contributed by atoms with Gasteiger partial charge in [-0.05, 0) is 37.3 Å². The summed E-state index contributed by atoms with van der Waals surface area (Å²) in [6.45, 7) is 1.82. The molecule has 0 radical (unpaired) electrons. The van der Waals surface area contributed by atoms with Gasteiger partial charge in [-0.25, -0.2) is 13.2 Å². The number of esters is 1. The highest BCUT2D eigenvalue weighted by atomic mass is 32.2. The fourth-order valence-corrected chi connectivity index (χ4v) is 5.20. The molecule has 4 aromatic rings. The van der Waals surface area contributed by atoms with Crippen molar-refractivity contribution in [3.63, 3.8) is 0 Å². The van der Waals surface area contributed by atoms with Crippen LogP contribution in [-0.2, 0) is 27.4 Å². The number of nitrogens with zero attached hydrogens (tertiary/aromatic N) is 2. The molecule has 0 aliphatic carbocycles. The zero-order chi connectivity index (χ0) is 22.9. The first-order chi connectivity index (χ1) is 15.3. The van der Waals surface area contributed by atoms with Crippen molar-refractivity contribution in [2.75, 3.05) is 6.61 Å². The van der Waals surface area contributed by atoms with Crippen LogP contribution in [0.25, 0.3) is 22.0 Å². The Morgan fingerprint density at radius 3 is 2.53 bits per heavy atom. The van der Waals surface area contributed by atoms with Gasteiger partial charge in [-0.1, -0.05) is 24.3 Å². The maximum atomic E-state index is 13.1. The molecule has 0 fully saturated rings. The van der Waals surface area contributed by atoms with E-state index in [-0.39, 0.29) is 28.6 Å². The summed E-state index contributed by atoms with van der Waals surface area (Å²) < 4.78 is 33.1. The van der Waals surface area contributed by atoms with Crippen molar-refractivity contribution in [3.05, 3.63) is 78.2 Å². The molecule has 164 valence electrons. The number of hydrogen-bond acceptors (Lipinski definition) is 6. The van der Waals surface area contributed by atoms with Gasteiger partial charge in [-0.15, -0.1) is 0 Å². The van der Waals surface area contributed by atoms with Crippen molar-refractivity contribution in [2.45, 2.75) is 17.6 Å². The van der Waals surface area contributed by atoms with E-state index >= 15 is 0 Å². The average Bonchev–Trinajstić information content (AvgIpc) is 3.04. The third kappa shape index (κ3) is 3.85. The summed E-state index contributed by atoms with van der Waals surface area (Å²) in [6, 6.07) is 14.9. The molecule has 32 heavy (non-hydrogen) atoms. The van der Waals surface area contributed by atoms with Crippen LogP contribution in [0.4, 0.5) is 0 Å². The number of carbonyl (C=O) groups is 1. The third-order valence-electron chi connectivity index (χ3n) is 5.32. The van der Waals surface area contributed by atoms with Gasteiger partial charge in [0.15, 0.2) is 9.84 Å². The van der Waals surface area contributed by atoms with Crippen LogP contribution < -0.4 is 0 Å². The Labute approximate surface area is 185 Å². The molecule has 7 nitrogen and oxygen atoms in total. The number of sulfone groups is 1. The molecule has 0 amide bonds. The Morgan fingerprint density at radius 2 is 1.88 bits per heavy atom. The van der Waals surface area contributed by atoms with Crippen LogP contribution in [0.15, 0.2) is 71.9 Å². The van der Waals surface area contributed by atoms with Gasteiger partial charge in [-0.2, -0.15) is 0 Å². The minimum atomic E-state index is -3.73. The average molecular weight is 451 g/mol. The van der Waals surface area contributed by atoms with Crippen molar-refractivity contribution in [1.82, 2.24) is 9.55 Å². The van der Waals surface area contributed by atoms with Gasteiger partial charge < -0.3 is 14.4 Å². The van der Waals surface area contributed by atoms with Gasteiger partial charge in [0.2, 0.25) is 0 Å². The van der Waals surface area contributed by atoms with E-state index in [1.54, 1.807) is 61.3 Å². The molecule has 4 rings (SSSR count). The molecule has 0 unspecified atom stereocenters. The molecule has 2 aromatic carbocycles. The van der Waals surface area contributed by atoms with Crippen LogP contribution in [0.1, 0.15) is 23.0 Å². The van der Waals surface area contributed by atoms with Crippen LogP contribution in [0, 0.1) is 0 Å². The van der Waals surface area contributed by atoms with Crippen molar-refractivity contribution < 1.29 is 23.1 Å². The van der Waals surface area contributed by atoms with Crippen LogP contribution in [-0.4, -0.2) is 35.7 Å². The maximum absolute atomic E-state index is 13.1. The number of carbonyl (C=O) groups excluding carboxylic acids is 1. The minimum Gasteiger partial charge on any atom is -0.507 e. The molecular weight excluding hydrogens is 428 g/mol. The van der Waals surface area contributed by atoms with E-state index in [2.05, 4.69) is 4.98 Å². The standard InChI is InChI=1S/C24H22N2O5S/c1-3-31-24(28)23-19-13-22(27)18(16-8-7-11-25-14-16)12-20(19)26(2)21(23)15-32(29,30)17-9-5-4-6-10-17/h4-14,27H,3,15H2,1-2H3. The lowest BCUT2D eigenvalue weighted by atomic mass is 10.0. The normalized spacial score (nSPS) is 11.6. The Morgan fingerprint density at radius 1 is 1.12 bits per heavy atom. The van der Waals surface area contributed by atoms with Crippen molar-refractivity contribution >= 4 is 26.7 Å². The second-order valence-corrected chi connectivity index (χ2v) is 9.29. The number of aromatic hydroxyl groups is 1. The molecule has 1 N–H and O–H groups in total. The maximum Gasteiger partial charge on any atom is 0.340 e. The Kier molecular flexibility index (Phi) is 5.71. The lowest BCUT2D eigenvalue weighted by molar-refractivity contribution is 0.0527. The number of phenolic OH excluding ortho intramolecular Hbond substituents is 1. The Hall–Kier alpha value is -3.65. The summed E-state index contributed by atoms with van der Waals surface area (Å²) in [7, 11) is -2.03. The number of rotatable bonds is 6. The lowest BCUT2D eigenvalue weighted by Gasteiger charge is -2.09. The van der Waals surface area contributed by atoms with E-state index < -0.39 is 15.8 Å². The number of phenols is 1. The molecule has 2 aromatic heterocycles. The smallest absolute Gasteiger partial charge is 0.340 e. The topological polar surface area (TPSA) is 98.5 Å². The number of fused-ring (bicyclic) bond motifs is 1. The molecule has 0 atom stereocenters. The van der Waals surface area contributed by atoms with E-state index in [1.807, 2.05) is 6.07 Å². The van der Waals surface area contributed by atoms with Crippen LogP contribution in [0.3, 0.4) is 0 Å². The molecule has 8 heteroatoms. The molecule has 0 bridgehead atoms. The van der Waals surface area contributed by atoms with Gasteiger partial charge in [-0.3, -0.25) is 4.98 Å². The second-order valence-electron chi connectivity index (χ2n) is 7.30. The van der Waals surface area contributed by atoms with Crippen LogP contribution >= 0.6 is 0 Å². The lowest BCUT2D eigenvalue weighted by Crippen LogP contribution is -2.13. The van der Waals surface area contributed by atoms with E-state index in [1.165, 1.54) is 18.2 Å². The summed E-state index contributed by atoms with van der Waals surface area (Å²) in [5.74, 6) is -1.07. The number of hydrogen-bond donors (Lipinski definition) is 1. The van der Waals surface area contributed by atoms with Gasteiger partial charge >= 0.3 is 5.97 Å². The van der Waals surface area contributed by atoms with E-state index in [4.69, 9.17) is 4.74 Å². The fourth-order valence-electron chi connectivity index (χ4n) is 3.77. The number of pyridine rings is 1. The van der Waals surface area contributed by atoms with Crippen molar-refractivity contribution in [1.29, 1.82) is 0 Å². The molecule has 0 saturated carbocycles. The van der Waals surface area contributed by atoms with Crippen molar-refractivity contribution in [2.24, 2.45) is 7.05 Å². The summed E-state index contributed by atoms with van der Waals surface area (Å²) in [6.07, 6.45) is 3.25. The predicted octanol–water partition coefficient (Wildman–Crippen LogP) is 4.10. The zero-order valence-electron chi connectivity index (χ0n) is 17.6. The Bertz CT molecular complexity index is 1400. The summed E-state index contributed by atoms with van der Waals surface area (Å²) in [5.41, 5.74) is 2.26. The summed E-state index contributed by atoms with van der Waals surface area (Å²) >= 11 is 0. The van der Waals surface area contributed by atoms with Crippen LogP contribution in [0.2, 0.25) is 0 Å². The van der Waals surface area contributed by atoms with Gasteiger partial charge in [0.25, 0.3) is 0 Å². The highest BCUT2D eigenvalue weighted by molar-refractivity contribution is 7.90. The number of aryl methyl sites for hydroxylation is 1. The first-order valence-corrected chi connectivity index (χ1v) is 11.7. The second kappa shape index (κ2) is 8.47. The molecular formula is C24H22N2O5S. The summed E-state index contributed by atoms with van der Waals surface area (Å²) in [5, 5.41) is 11.1. The largest absolute Gasteiger partial charge is 0.507 e. The number of benzene rings is 2. The molecule has 2 heterocycles. The molecule has 0 aliphatic heterocycles. The fraction of sp³-hybridized carbons (Fsp3) is 0.167. The quantitative estimate of drug-likeness (QED) is 0.444. The first-order valence-electron chi connectivity index (χ1n) is 10.0. The Balaban J connectivity index is 1.94. The third-order valence-corrected chi connectivity index (χ3v) is 6.96. The van der Waals surface area contributed by atoms with E-state index in [0.29, 0.717) is 27.7 Å². The highest BCUT2D eigenvalue weighted by Crippen LogP contribution is 2.37. The molecule has 0 aliphatic rings. The first kappa shape index (κ1) is 21.6. The molecule has 0 spiro atoms. The van der Waals surface area contributed by atoms with Gasteiger partial charge in [0, 0.05) is 47.2 Å². The van der Waals surface area contributed by atoms with Crippen molar-refractivity contribution in [3.8, 4) is 16.9 Å². The summed E-state index contributed by atoms with van der Waals surface area (Å²) in [4.78, 5) is 17.1. The van der Waals surface area contributed by atoms with Gasteiger partial charge in [0.05, 0.1) is 22.8 Å². The highest BCUT2D eigenvalue weighted by Gasteiger charge is 2.28. The van der Waals surface area contributed by atoms with Gasteiger partial charge in [0.1, 0.15) is 5.75 Å².